The first-order valence-electron chi connectivity index (χ1n) is 8.70. The first-order chi connectivity index (χ1) is 13.5. The van der Waals surface area contributed by atoms with Crippen molar-refractivity contribution < 1.29 is 19.1 Å². The molecule has 0 aromatic heterocycles. The van der Waals surface area contributed by atoms with E-state index in [-0.39, 0.29) is 6.42 Å². The number of rotatable bonds is 9. The Labute approximate surface area is 168 Å². The minimum absolute atomic E-state index is 0.372. The summed E-state index contributed by atoms with van der Waals surface area (Å²) in [5.41, 5.74) is 3.49. The van der Waals surface area contributed by atoms with E-state index in [1.165, 1.54) is 13.3 Å². The summed E-state index contributed by atoms with van der Waals surface area (Å²) in [6.07, 6.45) is 1.91. The van der Waals surface area contributed by atoms with E-state index in [9.17, 15) is 9.59 Å². The molecule has 28 heavy (non-hydrogen) atoms. The number of benzene rings is 2. The molecular weight excluding hydrogens is 382 g/mol. The van der Waals surface area contributed by atoms with Crippen molar-refractivity contribution in [2.45, 2.75) is 19.8 Å². The SMILES string of the molecule is CCCOc1ccc(Cl)cc1C=NNC(=O)CC(=O)Nc1cccc(OC)c1. The van der Waals surface area contributed by atoms with E-state index in [0.29, 0.717) is 34.4 Å². The third kappa shape index (κ3) is 6.92. The molecule has 0 fully saturated rings. The van der Waals surface area contributed by atoms with Gasteiger partial charge in [-0.3, -0.25) is 9.59 Å². The van der Waals surface area contributed by atoms with E-state index in [1.807, 2.05) is 6.92 Å². The van der Waals surface area contributed by atoms with Gasteiger partial charge in [0.25, 0.3) is 0 Å². The first kappa shape index (κ1) is 21.2. The monoisotopic (exact) mass is 403 g/mol. The van der Waals surface area contributed by atoms with Gasteiger partial charge in [0, 0.05) is 22.3 Å². The fourth-order valence-corrected chi connectivity index (χ4v) is 2.41. The standard InChI is InChI=1S/C20H22ClN3O4/c1-3-9-28-18-8-7-15(21)10-14(18)13-22-24-20(26)12-19(25)23-16-5-4-6-17(11-16)27-2/h4-8,10-11,13H,3,9,12H2,1-2H3,(H,23,25)(H,24,26). The lowest BCUT2D eigenvalue weighted by molar-refractivity contribution is -0.126. The van der Waals surface area contributed by atoms with E-state index < -0.39 is 11.8 Å². The van der Waals surface area contributed by atoms with E-state index in [2.05, 4.69) is 15.8 Å². The predicted molar refractivity (Wildman–Crippen MR) is 109 cm³/mol. The van der Waals surface area contributed by atoms with Crippen molar-refractivity contribution in [1.82, 2.24) is 5.43 Å². The lowest BCUT2D eigenvalue weighted by Gasteiger charge is -2.08. The molecule has 0 atom stereocenters. The number of carbonyl (C=O) groups is 2. The van der Waals surface area contributed by atoms with Gasteiger partial charge in [-0.2, -0.15) is 5.10 Å². The van der Waals surface area contributed by atoms with Crippen molar-refractivity contribution >= 4 is 35.3 Å². The Hall–Kier alpha value is -3.06. The molecule has 8 heteroatoms. The van der Waals surface area contributed by atoms with Crippen molar-refractivity contribution in [2.24, 2.45) is 5.10 Å². The number of hydrogen-bond donors (Lipinski definition) is 2. The molecule has 0 aliphatic carbocycles. The van der Waals surface area contributed by atoms with Gasteiger partial charge in [-0.25, -0.2) is 5.43 Å². The molecule has 0 spiro atoms. The third-order valence-electron chi connectivity index (χ3n) is 3.50. The van der Waals surface area contributed by atoms with Gasteiger partial charge in [0.1, 0.15) is 17.9 Å². The van der Waals surface area contributed by atoms with E-state index >= 15 is 0 Å². The van der Waals surface area contributed by atoms with Gasteiger partial charge in [-0.15, -0.1) is 0 Å². The number of hydrogen-bond acceptors (Lipinski definition) is 5. The molecule has 2 rings (SSSR count). The lowest BCUT2D eigenvalue weighted by atomic mass is 10.2. The number of ether oxygens (including phenoxy) is 2. The average Bonchev–Trinajstić information content (AvgIpc) is 2.67. The highest BCUT2D eigenvalue weighted by atomic mass is 35.5. The second-order valence-electron chi connectivity index (χ2n) is 5.78. The van der Waals surface area contributed by atoms with Gasteiger partial charge in [0.05, 0.1) is 19.9 Å². The Bertz CT molecular complexity index is 855. The number of amides is 2. The van der Waals surface area contributed by atoms with Crippen molar-refractivity contribution in [1.29, 1.82) is 0 Å². The van der Waals surface area contributed by atoms with Crippen LogP contribution in [0, 0.1) is 0 Å². The summed E-state index contributed by atoms with van der Waals surface area (Å²) < 4.78 is 10.7. The summed E-state index contributed by atoms with van der Waals surface area (Å²) in [6.45, 7) is 2.56. The predicted octanol–water partition coefficient (Wildman–Crippen LogP) is 3.62. The normalized spacial score (nSPS) is 10.5. The molecule has 2 aromatic carbocycles. The number of methoxy groups -OCH3 is 1. The molecule has 0 bridgehead atoms. The minimum Gasteiger partial charge on any atom is -0.497 e. The second kappa shape index (κ2) is 10.9. The Morgan fingerprint density at radius 3 is 2.75 bits per heavy atom. The Morgan fingerprint density at radius 1 is 1.18 bits per heavy atom. The largest absolute Gasteiger partial charge is 0.497 e. The number of nitrogens with one attached hydrogen (secondary N) is 2. The summed E-state index contributed by atoms with van der Waals surface area (Å²) >= 11 is 5.99. The summed E-state index contributed by atoms with van der Waals surface area (Å²) in [5, 5.41) is 7.02. The highest BCUT2D eigenvalue weighted by molar-refractivity contribution is 6.30. The molecule has 148 valence electrons. The highest BCUT2D eigenvalue weighted by Crippen LogP contribution is 2.21. The maximum atomic E-state index is 12.0. The van der Waals surface area contributed by atoms with Crippen LogP contribution in [0.15, 0.2) is 47.6 Å². The average molecular weight is 404 g/mol. The smallest absolute Gasteiger partial charge is 0.249 e. The molecule has 2 aromatic rings. The zero-order valence-electron chi connectivity index (χ0n) is 15.7. The third-order valence-corrected chi connectivity index (χ3v) is 3.74. The van der Waals surface area contributed by atoms with Gasteiger partial charge in [0.2, 0.25) is 11.8 Å². The summed E-state index contributed by atoms with van der Waals surface area (Å²) in [4.78, 5) is 23.9. The molecule has 0 aliphatic rings. The quantitative estimate of drug-likeness (QED) is 0.380. The first-order valence-corrected chi connectivity index (χ1v) is 9.07. The number of carbonyl (C=O) groups excluding carboxylic acids is 2. The molecule has 0 heterocycles. The van der Waals surface area contributed by atoms with Crippen molar-refractivity contribution in [3.63, 3.8) is 0 Å². The number of hydrazone groups is 1. The van der Waals surface area contributed by atoms with E-state index in [4.69, 9.17) is 21.1 Å². The van der Waals surface area contributed by atoms with Crippen LogP contribution in [-0.4, -0.2) is 31.7 Å². The zero-order valence-corrected chi connectivity index (χ0v) is 16.5. The second-order valence-corrected chi connectivity index (χ2v) is 6.22. The van der Waals surface area contributed by atoms with Crippen LogP contribution in [0.2, 0.25) is 5.02 Å². The molecule has 0 saturated heterocycles. The molecule has 2 N–H and O–H groups in total. The zero-order chi connectivity index (χ0) is 20.4. The fourth-order valence-electron chi connectivity index (χ4n) is 2.23. The van der Waals surface area contributed by atoms with Crippen LogP contribution in [0.1, 0.15) is 25.3 Å². The van der Waals surface area contributed by atoms with Crippen LogP contribution < -0.4 is 20.2 Å². The maximum absolute atomic E-state index is 12.0. The fraction of sp³-hybridized carbons (Fsp3) is 0.250. The van der Waals surface area contributed by atoms with Crippen LogP contribution in [0.3, 0.4) is 0 Å². The molecule has 0 radical (unpaired) electrons. The molecule has 0 aliphatic heterocycles. The molecule has 0 unspecified atom stereocenters. The Morgan fingerprint density at radius 2 is 2.00 bits per heavy atom. The molecule has 7 nitrogen and oxygen atoms in total. The van der Waals surface area contributed by atoms with Gasteiger partial charge in [-0.1, -0.05) is 24.6 Å². The molecule has 0 saturated carbocycles. The van der Waals surface area contributed by atoms with Gasteiger partial charge in [0.15, 0.2) is 0 Å². The number of nitrogens with zero attached hydrogens (tertiary/aromatic N) is 1. The van der Waals surface area contributed by atoms with E-state index in [1.54, 1.807) is 42.5 Å². The highest BCUT2D eigenvalue weighted by Gasteiger charge is 2.10. The lowest BCUT2D eigenvalue weighted by Crippen LogP contribution is -2.24. The minimum atomic E-state index is -0.547. The van der Waals surface area contributed by atoms with Crippen molar-refractivity contribution in [3.8, 4) is 11.5 Å². The van der Waals surface area contributed by atoms with Crippen LogP contribution in [0.25, 0.3) is 0 Å². The molecular formula is C20H22ClN3O4. The van der Waals surface area contributed by atoms with Crippen LogP contribution >= 0.6 is 11.6 Å². The van der Waals surface area contributed by atoms with Crippen LogP contribution in [-0.2, 0) is 9.59 Å². The van der Waals surface area contributed by atoms with Gasteiger partial charge < -0.3 is 14.8 Å². The number of anilines is 1. The summed E-state index contributed by atoms with van der Waals surface area (Å²) in [6, 6.07) is 12.0. The van der Waals surface area contributed by atoms with Crippen molar-refractivity contribution in [3.05, 3.63) is 53.1 Å². The Balaban J connectivity index is 1.89. The van der Waals surface area contributed by atoms with Crippen LogP contribution in [0.5, 0.6) is 11.5 Å². The topological polar surface area (TPSA) is 89.0 Å². The van der Waals surface area contributed by atoms with Crippen LogP contribution in [0.4, 0.5) is 5.69 Å². The van der Waals surface area contributed by atoms with Gasteiger partial charge in [-0.05, 0) is 36.8 Å². The van der Waals surface area contributed by atoms with Gasteiger partial charge >= 0.3 is 0 Å². The Kier molecular flexibility index (Phi) is 8.30. The molecule has 2 amide bonds. The number of halogens is 1. The van der Waals surface area contributed by atoms with E-state index in [0.717, 1.165) is 6.42 Å². The maximum Gasteiger partial charge on any atom is 0.249 e. The van der Waals surface area contributed by atoms with Crippen molar-refractivity contribution in [2.75, 3.05) is 19.0 Å². The summed E-state index contributed by atoms with van der Waals surface area (Å²) in [7, 11) is 1.53. The summed E-state index contributed by atoms with van der Waals surface area (Å²) in [5.74, 6) is 0.208.